The molecule has 0 aliphatic heterocycles. The molecule has 3 rings (SSSR count). The number of nitrogens with zero attached hydrogens (tertiary/aromatic N) is 1. The summed E-state index contributed by atoms with van der Waals surface area (Å²) in [6, 6.07) is 21.3. The van der Waals surface area contributed by atoms with Gasteiger partial charge >= 0.3 is 0 Å². The topological polar surface area (TPSA) is 64.9 Å². The molecule has 0 aliphatic rings. The Labute approximate surface area is 182 Å². The van der Waals surface area contributed by atoms with Crippen LogP contribution in [0, 0.1) is 11.3 Å². The number of nitrogens with one attached hydrogen (secondary N) is 2. The highest BCUT2D eigenvalue weighted by atomic mass is 32.1. The number of hydrogen-bond donors (Lipinski definition) is 2. The van der Waals surface area contributed by atoms with Crippen molar-refractivity contribution in [3.05, 3.63) is 89.1 Å². The molecule has 0 atom stereocenters. The highest BCUT2D eigenvalue weighted by Crippen LogP contribution is 2.22. The van der Waals surface area contributed by atoms with Crippen molar-refractivity contribution in [2.45, 2.75) is 26.7 Å². The third-order valence-electron chi connectivity index (χ3n) is 4.96. The lowest BCUT2D eigenvalue weighted by Crippen LogP contribution is -2.26. The van der Waals surface area contributed by atoms with Gasteiger partial charge in [-0.15, -0.1) is 0 Å². The number of fused-ring (bicyclic) bond motifs is 1. The molecule has 2 N–H and O–H groups in total. The van der Waals surface area contributed by atoms with Crippen LogP contribution in [0.5, 0.6) is 0 Å². The molecule has 0 fully saturated rings. The first kappa shape index (κ1) is 21.2. The molecule has 3 aromatic rings. The van der Waals surface area contributed by atoms with Gasteiger partial charge in [0.25, 0.3) is 0 Å². The van der Waals surface area contributed by atoms with Gasteiger partial charge in [-0.3, -0.25) is 4.79 Å². The number of anilines is 1. The van der Waals surface area contributed by atoms with E-state index in [1.807, 2.05) is 42.5 Å². The number of allylic oxidation sites excluding steroid dienone is 1. The molecule has 0 unspecified atom stereocenters. The molecule has 3 aromatic carbocycles. The average molecular weight is 414 g/mol. The minimum absolute atomic E-state index is 0.00563. The summed E-state index contributed by atoms with van der Waals surface area (Å²) in [5.41, 5.74) is 3.76. The van der Waals surface area contributed by atoms with Crippen LogP contribution in [0.4, 0.5) is 5.69 Å². The Morgan fingerprint density at radius 3 is 2.30 bits per heavy atom. The summed E-state index contributed by atoms with van der Waals surface area (Å²) in [7, 11) is 0. The fourth-order valence-corrected chi connectivity index (χ4v) is 3.49. The van der Waals surface area contributed by atoms with Gasteiger partial charge in [-0.1, -0.05) is 68.4 Å². The van der Waals surface area contributed by atoms with Crippen molar-refractivity contribution in [2.24, 2.45) is 0 Å². The number of para-hydroxylation sites is 1. The zero-order chi connectivity index (χ0) is 21.5. The van der Waals surface area contributed by atoms with Gasteiger partial charge in [-0.25, -0.2) is 0 Å². The van der Waals surface area contributed by atoms with Crippen LogP contribution < -0.4 is 10.6 Å². The van der Waals surface area contributed by atoms with E-state index in [-0.39, 0.29) is 11.4 Å². The molecule has 0 saturated carbocycles. The Hall–Kier alpha value is -3.49. The maximum Gasteiger partial charge on any atom is 0.205 e. The van der Waals surface area contributed by atoms with Gasteiger partial charge in [0.1, 0.15) is 11.6 Å². The van der Waals surface area contributed by atoms with Crippen LogP contribution in [0.3, 0.4) is 0 Å². The molecule has 0 heterocycles. The van der Waals surface area contributed by atoms with Gasteiger partial charge in [0.05, 0.1) is 0 Å². The fourth-order valence-electron chi connectivity index (χ4n) is 3.33. The van der Waals surface area contributed by atoms with Crippen molar-refractivity contribution >= 4 is 39.6 Å². The van der Waals surface area contributed by atoms with Crippen LogP contribution in [-0.2, 0) is 12.8 Å². The molecule has 4 nitrogen and oxygen atoms in total. The lowest BCUT2D eigenvalue weighted by molar-refractivity contribution is 0.103. The minimum Gasteiger partial charge on any atom is -0.338 e. The Morgan fingerprint density at radius 2 is 1.67 bits per heavy atom. The second kappa shape index (κ2) is 9.82. The molecule has 30 heavy (non-hydrogen) atoms. The number of hydrogen-bond acceptors (Lipinski definition) is 3. The first-order valence-corrected chi connectivity index (χ1v) is 10.3. The number of carbonyl (C=O) groups excluding carboxylic acids is 1. The highest BCUT2D eigenvalue weighted by molar-refractivity contribution is 7.80. The molecular weight excluding hydrogens is 390 g/mol. The zero-order valence-corrected chi connectivity index (χ0v) is 17.8. The number of carbonyl (C=O) groups is 1. The van der Waals surface area contributed by atoms with Crippen molar-refractivity contribution in [2.75, 3.05) is 5.32 Å². The highest BCUT2D eigenvalue weighted by Gasteiger charge is 2.13. The normalized spacial score (nSPS) is 11.0. The molecule has 0 aliphatic carbocycles. The van der Waals surface area contributed by atoms with Crippen molar-refractivity contribution in [1.29, 1.82) is 5.26 Å². The molecule has 0 spiro atoms. The molecule has 0 saturated heterocycles. The average Bonchev–Trinajstić information content (AvgIpc) is 2.79. The number of rotatable bonds is 6. The van der Waals surface area contributed by atoms with E-state index in [0.717, 1.165) is 40.4 Å². The predicted octanol–water partition coefficient (Wildman–Crippen LogP) is 5.54. The Morgan fingerprint density at radius 1 is 1.00 bits per heavy atom. The van der Waals surface area contributed by atoms with Crippen LogP contribution >= 0.6 is 12.2 Å². The Kier molecular flexibility index (Phi) is 6.95. The molecule has 150 valence electrons. The Bertz CT molecular complexity index is 1150. The van der Waals surface area contributed by atoms with E-state index in [0.29, 0.717) is 10.7 Å². The first-order valence-electron chi connectivity index (χ1n) is 9.89. The van der Waals surface area contributed by atoms with Crippen LogP contribution in [0.15, 0.2) is 72.4 Å². The molecule has 5 heteroatoms. The van der Waals surface area contributed by atoms with E-state index in [9.17, 15) is 10.1 Å². The number of benzene rings is 3. The van der Waals surface area contributed by atoms with Gasteiger partial charge in [0.2, 0.25) is 5.78 Å². The SMILES string of the molecule is CCc1cccc(CC)c1NC(=S)NC=C(C#N)C(=O)c1ccc2ccccc2c1. The minimum atomic E-state index is -0.346. The van der Waals surface area contributed by atoms with E-state index in [2.05, 4.69) is 36.6 Å². The molecule has 0 radical (unpaired) electrons. The van der Waals surface area contributed by atoms with Crippen molar-refractivity contribution in [3.63, 3.8) is 0 Å². The summed E-state index contributed by atoms with van der Waals surface area (Å²) in [6.07, 6.45) is 3.12. The first-order chi connectivity index (χ1) is 14.6. The van der Waals surface area contributed by atoms with Crippen molar-refractivity contribution in [3.8, 4) is 6.07 Å². The fraction of sp³-hybridized carbons (Fsp3) is 0.160. The van der Waals surface area contributed by atoms with Gasteiger partial charge in [0.15, 0.2) is 5.11 Å². The van der Waals surface area contributed by atoms with E-state index in [1.165, 1.54) is 6.20 Å². The second-order valence-electron chi connectivity index (χ2n) is 6.82. The quantitative estimate of drug-likeness (QED) is 0.240. The number of thiocarbonyl (C=S) groups is 1. The summed E-state index contributed by atoms with van der Waals surface area (Å²) in [5.74, 6) is -0.346. The maximum atomic E-state index is 12.8. The zero-order valence-electron chi connectivity index (χ0n) is 17.0. The van der Waals surface area contributed by atoms with Crippen molar-refractivity contribution < 1.29 is 4.79 Å². The van der Waals surface area contributed by atoms with E-state index < -0.39 is 0 Å². The van der Waals surface area contributed by atoms with Gasteiger partial charge in [-0.2, -0.15) is 5.26 Å². The summed E-state index contributed by atoms with van der Waals surface area (Å²) in [6.45, 7) is 4.18. The summed E-state index contributed by atoms with van der Waals surface area (Å²) in [5, 5.41) is 17.9. The number of nitriles is 1. The van der Waals surface area contributed by atoms with Gasteiger partial charge in [0, 0.05) is 17.5 Å². The molecular formula is C25H23N3OS. The van der Waals surface area contributed by atoms with E-state index in [4.69, 9.17) is 12.2 Å². The monoisotopic (exact) mass is 413 g/mol. The summed E-state index contributed by atoms with van der Waals surface area (Å²) >= 11 is 5.40. The molecule has 0 bridgehead atoms. The van der Waals surface area contributed by atoms with Gasteiger partial charge < -0.3 is 10.6 Å². The van der Waals surface area contributed by atoms with Gasteiger partial charge in [-0.05, 0) is 53.0 Å². The lowest BCUT2D eigenvalue weighted by atomic mass is 10.0. The van der Waals surface area contributed by atoms with E-state index >= 15 is 0 Å². The van der Waals surface area contributed by atoms with Crippen LogP contribution in [-0.4, -0.2) is 10.9 Å². The summed E-state index contributed by atoms with van der Waals surface area (Å²) in [4.78, 5) is 12.8. The maximum absolute atomic E-state index is 12.8. The second-order valence-corrected chi connectivity index (χ2v) is 7.23. The number of aryl methyl sites for hydroxylation is 2. The summed E-state index contributed by atoms with van der Waals surface area (Å²) < 4.78 is 0. The number of ketones is 1. The smallest absolute Gasteiger partial charge is 0.205 e. The molecule has 0 aromatic heterocycles. The van der Waals surface area contributed by atoms with Crippen LogP contribution in [0.25, 0.3) is 10.8 Å². The predicted molar refractivity (Wildman–Crippen MR) is 127 cm³/mol. The van der Waals surface area contributed by atoms with Crippen LogP contribution in [0.1, 0.15) is 35.3 Å². The third kappa shape index (κ3) is 4.73. The third-order valence-corrected chi connectivity index (χ3v) is 5.18. The van der Waals surface area contributed by atoms with Crippen molar-refractivity contribution in [1.82, 2.24) is 5.32 Å². The standard InChI is InChI=1S/C25H23N3OS/c1-3-17-10-7-11-18(4-2)23(17)28-25(30)27-16-22(15-26)24(29)21-13-12-19-8-5-6-9-20(19)14-21/h5-14,16H,3-4H2,1-2H3,(H2,27,28,30). The Balaban J connectivity index is 1.77. The largest absolute Gasteiger partial charge is 0.338 e. The van der Waals surface area contributed by atoms with E-state index in [1.54, 1.807) is 12.1 Å². The van der Waals surface area contributed by atoms with Crippen LogP contribution in [0.2, 0.25) is 0 Å². The lowest BCUT2D eigenvalue weighted by Gasteiger charge is -2.16. The number of Topliss-reactive ketones (excluding diaryl/α,β-unsaturated/α-hetero) is 1. The molecule has 0 amide bonds.